The maximum Gasteiger partial charge on any atom is 0.648 e. The first-order chi connectivity index (χ1) is 21.4. The second kappa shape index (κ2) is 12.6. The molecule has 2 aliphatic rings. The number of fused-ring (bicyclic) bond motifs is 2. The molecule has 44 heavy (non-hydrogen) atoms. The molecule has 0 bridgehead atoms. The summed E-state index contributed by atoms with van der Waals surface area (Å²) >= 11 is 3.49. The van der Waals surface area contributed by atoms with Crippen molar-refractivity contribution in [2.24, 2.45) is 0 Å². The number of carbonyl (C=O) groups is 1. The Kier molecular flexibility index (Phi) is 8.41. The molecule has 4 aromatic rings. The standard InChI is InChI=1S/C32H27BrNO9P/c1-37-26-14-13-25(33)30(31(26)38-2)32(35)34-16-15-21-17-27-28(40-20-39-27)18-22(21)19-29(34)43-44(36,41-23-9-5-3-6-10-23)42-24-11-7-4-8-12-24/h3-14,17-19H,15-16,20H2,1-2H3. The molecule has 2 aliphatic heterocycles. The number of benzene rings is 4. The van der Waals surface area contributed by atoms with Gasteiger partial charge in [-0.1, -0.05) is 36.4 Å². The molecule has 226 valence electrons. The first-order valence-electron chi connectivity index (χ1n) is 13.5. The van der Waals surface area contributed by atoms with Gasteiger partial charge in [0.15, 0.2) is 23.0 Å². The van der Waals surface area contributed by atoms with E-state index in [0.29, 0.717) is 33.7 Å². The Balaban J connectivity index is 1.47. The monoisotopic (exact) mass is 679 g/mol. The van der Waals surface area contributed by atoms with Gasteiger partial charge in [-0.15, -0.1) is 0 Å². The summed E-state index contributed by atoms with van der Waals surface area (Å²) in [5.74, 6) is 1.65. The molecule has 0 atom stereocenters. The minimum Gasteiger partial charge on any atom is -0.493 e. The van der Waals surface area contributed by atoms with Gasteiger partial charge in [0.2, 0.25) is 12.7 Å². The number of hydrogen-bond acceptors (Lipinski definition) is 9. The van der Waals surface area contributed by atoms with Gasteiger partial charge in [-0.2, -0.15) is 4.57 Å². The van der Waals surface area contributed by atoms with Crippen molar-refractivity contribution < 1.29 is 41.9 Å². The van der Waals surface area contributed by atoms with E-state index in [9.17, 15) is 9.36 Å². The molecule has 4 aromatic carbocycles. The highest BCUT2D eigenvalue weighted by molar-refractivity contribution is 9.10. The van der Waals surface area contributed by atoms with E-state index < -0.39 is 13.7 Å². The van der Waals surface area contributed by atoms with Gasteiger partial charge in [-0.3, -0.25) is 9.69 Å². The number of para-hydroxylation sites is 2. The van der Waals surface area contributed by atoms with Crippen molar-refractivity contribution in [2.75, 3.05) is 27.6 Å². The molecule has 0 unspecified atom stereocenters. The molecule has 0 radical (unpaired) electrons. The minimum atomic E-state index is -4.48. The van der Waals surface area contributed by atoms with Crippen LogP contribution in [0.25, 0.3) is 6.08 Å². The molecular formula is C32H27BrNO9P. The second-order valence-corrected chi connectivity index (χ2v) is 11.9. The molecule has 10 nitrogen and oxygen atoms in total. The van der Waals surface area contributed by atoms with E-state index >= 15 is 0 Å². The molecule has 0 fully saturated rings. The van der Waals surface area contributed by atoms with Gasteiger partial charge in [-0.25, -0.2) is 0 Å². The Morgan fingerprint density at radius 2 is 1.48 bits per heavy atom. The topological polar surface area (TPSA) is 102 Å². The van der Waals surface area contributed by atoms with Crippen molar-refractivity contribution in [1.82, 2.24) is 4.90 Å². The lowest BCUT2D eigenvalue weighted by Crippen LogP contribution is -2.33. The zero-order valence-electron chi connectivity index (χ0n) is 23.7. The molecule has 0 aromatic heterocycles. The quantitative estimate of drug-likeness (QED) is 0.167. The fourth-order valence-electron chi connectivity index (χ4n) is 4.81. The SMILES string of the molecule is COc1ccc(Br)c(C(=O)N2CCc3cc4c(cc3C=C2OP(=O)(Oc2ccccc2)Oc2ccccc2)OCO4)c1OC. The Morgan fingerprint density at radius 1 is 0.841 bits per heavy atom. The predicted octanol–water partition coefficient (Wildman–Crippen LogP) is 7.47. The number of rotatable bonds is 9. The van der Waals surface area contributed by atoms with Crippen molar-refractivity contribution in [3.8, 4) is 34.5 Å². The third-order valence-electron chi connectivity index (χ3n) is 6.86. The van der Waals surface area contributed by atoms with Crippen molar-refractivity contribution in [3.63, 3.8) is 0 Å². The molecule has 0 saturated heterocycles. The van der Waals surface area contributed by atoms with E-state index in [1.807, 2.05) is 6.07 Å². The number of halogens is 1. The number of ether oxygens (including phenoxy) is 4. The third-order valence-corrected chi connectivity index (χ3v) is 8.80. The van der Waals surface area contributed by atoms with Gasteiger partial charge >= 0.3 is 7.82 Å². The van der Waals surface area contributed by atoms with Gasteiger partial charge in [0, 0.05) is 17.1 Å². The molecule has 0 spiro atoms. The lowest BCUT2D eigenvalue weighted by molar-refractivity contribution is 0.0728. The van der Waals surface area contributed by atoms with Crippen molar-refractivity contribution in [2.45, 2.75) is 6.42 Å². The van der Waals surface area contributed by atoms with Gasteiger partial charge in [0.25, 0.3) is 5.91 Å². The van der Waals surface area contributed by atoms with Crippen LogP contribution in [-0.4, -0.2) is 38.4 Å². The van der Waals surface area contributed by atoms with Crippen LogP contribution in [0.4, 0.5) is 0 Å². The van der Waals surface area contributed by atoms with Crippen molar-refractivity contribution in [3.05, 3.63) is 112 Å². The number of hydrogen-bond donors (Lipinski definition) is 0. The molecule has 6 rings (SSSR count). The van der Waals surface area contributed by atoms with E-state index in [2.05, 4.69) is 15.9 Å². The smallest absolute Gasteiger partial charge is 0.493 e. The first kappa shape index (κ1) is 29.5. The largest absolute Gasteiger partial charge is 0.648 e. The van der Waals surface area contributed by atoms with Crippen LogP contribution < -0.4 is 28.0 Å². The van der Waals surface area contributed by atoms with E-state index in [0.717, 1.165) is 5.56 Å². The summed E-state index contributed by atoms with van der Waals surface area (Å²) in [5, 5.41) is 0. The Bertz CT molecular complexity index is 1720. The van der Waals surface area contributed by atoms with Crippen LogP contribution in [0.1, 0.15) is 21.5 Å². The normalized spacial score (nSPS) is 13.7. The average molecular weight is 680 g/mol. The zero-order valence-corrected chi connectivity index (χ0v) is 26.2. The molecular weight excluding hydrogens is 653 g/mol. The minimum absolute atomic E-state index is 0.0698. The summed E-state index contributed by atoms with van der Waals surface area (Å²) < 4.78 is 55.1. The van der Waals surface area contributed by atoms with Crippen LogP contribution in [0.15, 0.2) is 95.3 Å². The fraction of sp³-hybridized carbons (Fsp3) is 0.156. The Morgan fingerprint density at radius 3 is 2.09 bits per heavy atom. The third kappa shape index (κ3) is 6.06. The lowest BCUT2D eigenvalue weighted by Gasteiger charge is -2.28. The maximum atomic E-state index is 14.5. The summed E-state index contributed by atoms with van der Waals surface area (Å²) in [7, 11) is -1.55. The number of nitrogens with zero attached hydrogens (tertiary/aromatic N) is 1. The summed E-state index contributed by atoms with van der Waals surface area (Å²) in [5.41, 5.74) is 1.73. The summed E-state index contributed by atoms with van der Waals surface area (Å²) in [4.78, 5) is 15.8. The number of phosphoric ester groups is 1. The Labute approximate surface area is 262 Å². The highest BCUT2D eigenvalue weighted by atomic mass is 79.9. The van der Waals surface area contributed by atoms with E-state index in [4.69, 9.17) is 32.5 Å². The van der Waals surface area contributed by atoms with Gasteiger partial charge in [-0.05, 0) is 82.0 Å². The maximum absolute atomic E-state index is 14.5. The van der Waals surface area contributed by atoms with E-state index in [-0.39, 0.29) is 42.0 Å². The second-order valence-electron chi connectivity index (χ2n) is 9.60. The number of amides is 1. The van der Waals surface area contributed by atoms with Crippen molar-refractivity contribution in [1.29, 1.82) is 0 Å². The first-order valence-corrected chi connectivity index (χ1v) is 15.8. The lowest BCUT2D eigenvalue weighted by atomic mass is 10.0. The van der Waals surface area contributed by atoms with Crippen LogP contribution in [0, 0.1) is 0 Å². The zero-order chi connectivity index (χ0) is 30.7. The molecule has 1 amide bonds. The highest BCUT2D eigenvalue weighted by Gasteiger charge is 2.39. The summed E-state index contributed by atoms with van der Waals surface area (Å²) in [6, 6.07) is 24.1. The Hall–Kier alpha value is -4.60. The molecule has 2 heterocycles. The van der Waals surface area contributed by atoms with E-state index in [1.54, 1.807) is 84.9 Å². The number of carbonyl (C=O) groups excluding carboxylic acids is 1. The van der Waals surface area contributed by atoms with Gasteiger partial charge < -0.3 is 32.5 Å². The fourth-order valence-corrected chi connectivity index (χ4v) is 6.54. The van der Waals surface area contributed by atoms with Crippen molar-refractivity contribution >= 4 is 35.7 Å². The average Bonchev–Trinajstić information content (AvgIpc) is 3.41. The molecule has 0 N–H and O–H groups in total. The summed E-state index contributed by atoms with van der Waals surface area (Å²) in [6.45, 7) is 0.241. The predicted molar refractivity (Wildman–Crippen MR) is 165 cm³/mol. The highest BCUT2D eigenvalue weighted by Crippen LogP contribution is 2.53. The number of methoxy groups -OCH3 is 2. The molecule has 0 aliphatic carbocycles. The van der Waals surface area contributed by atoms with E-state index in [1.165, 1.54) is 19.1 Å². The summed E-state index contributed by atoms with van der Waals surface area (Å²) in [6.07, 6.45) is 2.02. The van der Waals surface area contributed by atoms with Crippen LogP contribution in [0.3, 0.4) is 0 Å². The molecule has 0 saturated carbocycles. The van der Waals surface area contributed by atoms with Crippen LogP contribution in [0.5, 0.6) is 34.5 Å². The number of phosphoric acid groups is 1. The van der Waals surface area contributed by atoms with Crippen LogP contribution in [0.2, 0.25) is 0 Å². The van der Waals surface area contributed by atoms with Crippen LogP contribution >= 0.6 is 23.8 Å². The van der Waals surface area contributed by atoms with Gasteiger partial charge in [0.05, 0.1) is 14.2 Å². The van der Waals surface area contributed by atoms with Gasteiger partial charge in [0.1, 0.15) is 17.1 Å². The van der Waals surface area contributed by atoms with Crippen LogP contribution in [-0.2, 0) is 15.5 Å². The molecule has 12 heteroatoms.